The molecule has 0 fully saturated rings. The number of rotatable bonds is 8. The van der Waals surface area contributed by atoms with Crippen LogP contribution in [0.4, 0.5) is 10.1 Å². The van der Waals surface area contributed by atoms with Crippen molar-refractivity contribution in [3.05, 3.63) is 70.6 Å². The van der Waals surface area contributed by atoms with Gasteiger partial charge in [-0.25, -0.2) is 14.4 Å². The van der Waals surface area contributed by atoms with Crippen LogP contribution in [0.25, 0.3) is 10.2 Å². The number of carbonyl (C=O) groups is 1. The van der Waals surface area contributed by atoms with Crippen LogP contribution in [0.3, 0.4) is 0 Å². The molecule has 9 heteroatoms. The highest BCUT2D eigenvalue weighted by Gasteiger charge is 2.24. The van der Waals surface area contributed by atoms with Crippen molar-refractivity contribution >= 4 is 44.9 Å². The summed E-state index contributed by atoms with van der Waals surface area (Å²) in [5.74, 6) is 1.61. The van der Waals surface area contributed by atoms with Crippen molar-refractivity contribution in [2.75, 3.05) is 24.9 Å². The van der Waals surface area contributed by atoms with Gasteiger partial charge in [0.15, 0.2) is 11.5 Å². The van der Waals surface area contributed by atoms with Crippen LogP contribution in [0.15, 0.2) is 53.8 Å². The van der Waals surface area contributed by atoms with E-state index in [0.717, 1.165) is 40.1 Å². The number of aromatic nitrogens is 2. The van der Waals surface area contributed by atoms with Gasteiger partial charge in [-0.1, -0.05) is 24.8 Å². The lowest BCUT2D eigenvalue weighted by atomic mass is 9.89. The number of hydrogen-bond donors (Lipinski definition) is 0. The number of ether oxygens (including phenoxy) is 2. The van der Waals surface area contributed by atoms with Crippen LogP contribution in [0.2, 0.25) is 0 Å². The van der Waals surface area contributed by atoms with Gasteiger partial charge >= 0.3 is 0 Å². The molecule has 0 unspecified atom stereocenters. The van der Waals surface area contributed by atoms with Gasteiger partial charge in [0.1, 0.15) is 22.0 Å². The molecular formula is C28H28FN3O3S2. The van der Waals surface area contributed by atoms with Gasteiger partial charge in [0, 0.05) is 16.0 Å². The third kappa shape index (κ3) is 5.43. The number of thiophene rings is 1. The van der Waals surface area contributed by atoms with Gasteiger partial charge in [0.25, 0.3) is 0 Å². The Kier molecular flexibility index (Phi) is 7.62. The van der Waals surface area contributed by atoms with E-state index in [1.807, 2.05) is 18.2 Å². The third-order valence-electron chi connectivity index (χ3n) is 6.62. The molecule has 6 nitrogen and oxygen atoms in total. The molecular weight excluding hydrogens is 509 g/mol. The number of thioether (sulfide) groups is 1. The molecule has 0 saturated heterocycles. The largest absolute Gasteiger partial charge is 0.493 e. The van der Waals surface area contributed by atoms with Crippen LogP contribution < -0.4 is 14.4 Å². The highest BCUT2D eigenvalue weighted by Crippen LogP contribution is 2.40. The number of hydrogen-bond acceptors (Lipinski definition) is 7. The summed E-state index contributed by atoms with van der Waals surface area (Å²) in [6.45, 7) is 2.59. The van der Waals surface area contributed by atoms with Gasteiger partial charge in [-0.3, -0.25) is 4.79 Å². The summed E-state index contributed by atoms with van der Waals surface area (Å²) in [7, 11) is 3.16. The first kappa shape index (κ1) is 25.5. The average Bonchev–Trinajstić information content (AvgIpc) is 3.28. The Bertz CT molecular complexity index is 1420. The maximum absolute atomic E-state index is 13.7. The second-order valence-electron chi connectivity index (χ2n) is 9.15. The molecule has 37 heavy (non-hydrogen) atoms. The quantitative estimate of drug-likeness (QED) is 0.194. The van der Waals surface area contributed by atoms with Gasteiger partial charge in [0.2, 0.25) is 5.91 Å². The minimum Gasteiger partial charge on any atom is -0.493 e. The van der Waals surface area contributed by atoms with E-state index in [-0.39, 0.29) is 17.5 Å². The molecule has 2 heterocycles. The first-order chi connectivity index (χ1) is 18.0. The zero-order valence-corrected chi connectivity index (χ0v) is 22.6. The molecule has 1 amide bonds. The van der Waals surface area contributed by atoms with Gasteiger partial charge in [-0.2, -0.15) is 0 Å². The van der Waals surface area contributed by atoms with Crippen molar-refractivity contribution in [3.8, 4) is 11.5 Å². The zero-order valence-electron chi connectivity index (χ0n) is 21.0. The summed E-state index contributed by atoms with van der Waals surface area (Å²) in [5, 5.41) is 1.94. The Labute approximate surface area is 223 Å². The predicted octanol–water partition coefficient (Wildman–Crippen LogP) is 6.30. The molecule has 5 rings (SSSR count). The van der Waals surface area contributed by atoms with Crippen molar-refractivity contribution in [1.82, 2.24) is 9.97 Å². The van der Waals surface area contributed by atoms with E-state index in [1.165, 1.54) is 34.3 Å². The standard InChI is InChI=1S/C28H28FN3O3S2/c1-17-4-10-21-24(12-17)37-28-26(21)27(30-16-31-28)36-15-25(33)32(20-8-6-19(29)7-9-20)14-18-5-11-22(34-2)23(13-18)35-3/h5-9,11,13,16-17H,4,10,12,14-15H2,1-3H3/t17-/m1/s1. The molecule has 1 atom stereocenters. The van der Waals surface area contributed by atoms with Crippen LogP contribution in [0, 0.1) is 11.7 Å². The maximum atomic E-state index is 13.7. The van der Waals surface area contributed by atoms with Crippen LogP contribution in [0.1, 0.15) is 29.3 Å². The smallest absolute Gasteiger partial charge is 0.237 e. The SMILES string of the molecule is COc1ccc(CN(C(=O)CSc2ncnc3sc4c(c23)CC[C@@H](C)C4)c2ccc(F)cc2)cc1OC. The van der Waals surface area contributed by atoms with E-state index in [4.69, 9.17) is 9.47 Å². The van der Waals surface area contributed by atoms with Gasteiger partial charge in [0.05, 0.1) is 26.5 Å². The second kappa shape index (κ2) is 11.1. The third-order valence-corrected chi connectivity index (χ3v) is 8.75. The Hall–Kier alpha value is -3.17. The van der Waals surface area contributed by atoms with Crippen LogP contribution in [0.5, 0.6) is 11.5 Å². The van der Waals surface area contributed by atoms with Crippen molar-refractivity contribution in [2.45, 2.75) is 37.8 Å². The number of aryl methyl sites for hydroxylation is 1. The summed E-state index contributed by atoms with van der Waals surface area (Å²) < 4.78 is 24.4. The summed E-state index contributed by atoms with van der Waals surface area (Å²) in [6, 6.07) is 11.5. The molecule has 4 aromatic rings. The molecule has 0 N–H and O–H groups in total. The van der Waals surface area contributed by atoms with E-state index in [2.05, 4.69) is 16.9 Å². The molecule has 0 saturated carbocycles. The molecule has 0 spiro atoms. The number of methoxy groups -OCH3 is 2. The fourth-order valence-electron chi connectivity index (χ4n) is 4.67. The normalized spacial score (nSPS) is 14.9. The Balaban J connectivity index is 1.41. The monoisotopic (exact) mass is 537 g/mol. The van der Waals surface area contributed by atoms with Crippen molar-refractivity contribution in [1.29, 1.82) is 0 Å². The molecule has 0 radical (unpaired) electrons. The Morgan fingerprint density at radius 1 is 1.14 bits per heavy atom. The Morgan fingerprint density at radius 3 is 2.68 bits per heavy atom. The number of halogens is 1. The molecule has 2 aromatic heterocycles. The van der Waals surface area contributed by atoms with E-state index in [0.29, 0.717) is 29.6 Å². The first-order valence-corrected chi connectivity index (χ1v) is 13.9. The van der Waals surface area contributed by atoms with Gasteiger partial charge in [-0.15, -0.1) is 11.3 Å². The van der Waals surface area contributed by atoms with Crippen LogP contribution >= 0.6 is 23.1 Å². The fourth-order valence-corrected chi connectivity index (χ4v) is 6.99. The van der Waals surface area contributed by atoms with Gasteiger partial charge in [-0.05, 0) is 72.7 Å². The molecule has 1 aliphatic rings. The molecule has 0 aliphatic heterocycles. The van der Waals surface area contributed by atoms with E-state index in [1.54, 1.807) is 48.9 Å². The summed E-state index contributed by atoms with van der Waals surface area (Å²) in [5.41, 5.74) is 2.83. The van der Waals surface area contributed by atoms with Crippen molar-refractivity contribution in [3.63, 3.8) is 0 Å². The maximum Gasteiger partial charge on any atom is 0.237 e. The number of nitrogens with zero attached hydrogens (tertiary/aromatic N) is 3. The molecule has 1 aliphatic carbocycles. The number of carbonyl (C=O) groups excluding carboxylic acids is 1. The number of benzene rings is 2. The van der Waals surface area contributed by atoms with E-state index >= 15 is 0 Å². The predicted molar refractivity (Wildman–Crippen MR) is 146 cm³/mol. The lowest BCUT2D eigenvalue weighted by molar-refractivity contribution is -0.116. The average molecular weight is 538 g/mol. The fraction of sp³-hybridized carbons (Fsp3) is 0.321. The van der Waals surface area contributed by atoms with E-state index < -0.39 is 0 Å². The van der Waals surface area contributed by atoms with Crippen molar-refractivity contribution in [2.24, 2.45) is 5.92 Å². The zero-order chi connectivity index (χ0) is 25.9. The highest BCUT2D eigenvalue weighted by molar-refractivity contribution is 8.00. The molecule has 0 bridgehead atoms. The lowest BCUT2D eigenvalue weighted by Crippen LogP contribution is -2.32. The van der Waals surface area contributed by atoms with Crippen LogP contribution in [-0.2, 0) is 24.2 Å². The Morgan fingerprint density at radius 2 is 1.92 bits per heavy atom. The van der Waals surface area contributed by atoms with E-state index in [9.17, 15) is 9.18 Å². The number of amides is 1. The van der Waals surface area contributed by atoms with Gasteiger partial charge < -0.3 is 14.4 Å². The minimum absolute atomic E-state index is 0.101. The second-order valence-corrected chi connectivity index (χ2v) is 11.2. The first-order valence-electron chi connectivity index (χ1n) is 12.1. The molecule has 192 valence electrons. The summed E-state index contributed by atoms with van der Waals surface area (Å²) in [4.78, 5) is 26.7. The lowest BCUT2D eigenvalue weighted by Gasteiger charge is -2.23. The number of fused-ring (bicyclic) bond motifs is 3. The summed E-state index contributed by atoms with van der Waals surface area (Å²) >= 11 is 3.18. The van der Waals surface area contributed by atoms with Crippen LogP contribution in [-0.4, -0.2) is 35.8 Å². The molecule has 2 aromatic carbocycles. The summed E-state index contributed by atoms with van der Waals surface area (Å²) in [6.07, 6.45) is 4.83. The topological polar surface area (TPSA) is 64.5 Å². The van der Waals surface area contributed by atoms with Crippen molar-refractivity contribution < 1.29 is 18.7 Å². The highest BCUT2D eigenvalue weighted by atomic mass is 32.2. The minimum atomic E-state index is -0.350. The number of anilines is 1.